The molecule has 0 radical (unpaired) electrons. The lowest BCUT2D eigenvalue weighted by Gasteiger charge is -1.94. The van der Waals surface area contributed by atoms with E-state index >= 15 is 0 Å². The summed E-state index contributed by atoms with van der Waals surface area (Å²) in [5.41, 5.74) is 0. The molecule has 0 unspecified atom stereocenters. The molecule has 4 nitrogen and oxygen atoms in total. The predicted octanol–water partition coefficient (Wildman–Crippen LogP) is 0.222. The van der Waals surface area contributed by atoms with E-state index in [2.05, 4.69) is 4.40 Å². The van der Waals surface area contributed by atoms with Crippen LogP contribution in [0.15, 0.2) is 4.40 Å². The zero-order valence-corrected chi connectivity index (χ0v) is 5.43. The molecule has 0 spiro atoms. The molecule has 0 atom stereocenters. The second-order valence-corrected chi connectivity index (χ2v) is 3.78. The predicted molar refractivity (Wildman–Crippen MR) is 32.7 cm³/mol. The molecule has 1 fully saturated rings. The molecule has 1 saturated carbocycles. The van der Waals surface area contributed by atoms with Gasteiger partial charge in [-0.3, -0.25) is 0 Å². The minimum absolute atomic E-state index is 0.350. The van der Waals surface area contributed by atoms with Gasteiger partial charge in [0, 0.05) is 0 Å². The number of nitrogens with zero attached hydrogens (tertiary/aromatic N) is 2. The van der Waals surface area contributed by atoms with Crippen LogP contribution in [0.2, 0.25) is 0 Å². The molecule has 0 aromatic heterocycles. The molecule has 0 aromatic rings. The number of rotatable bonds is 2. The molecule has 1 aliphatic rings. The van der Waals surface area contributed by atoms with Crippen molar-refractivity contribution >= 4 is 16.0 Å². The van der Waals surface area contributed by atoms with Crippen molar-refractivity contribution in [3.63, 3.8) is 0 Å². The zero-order chi connectivity index (χ0) is 6.91. The van der Waals surface area contributed by atoms with Gasteiger partial charge in [0.15, 0.2) is 10.0 Å². The van der Waals surface area contributed by atoms with Crippen molar-refractivity contribution in [1.29, 1.82) is 0 Å². The molecule has 0 amide bonds. The molecule has 0 aliphatic heterocycles. The lowest BCUT2D eigenvalue weighted by Crippen LogP contribution is -2.00. The van der Waals surface area contributed by atoms with Gasteiger partial charge in [-0.15, -0.1) is 6.01 Å². The normalized spacial score (nSPS) is 18.7. The monoisotopic (exact) mass is 145 g/mol. The maximum Gasteiger partial charge on any atom is 0.181 e. The number of hydrogen-bond donors (Lipinski definition) is 0. The molecule has 0 N–H and O–H groups in total. The van der Waals surface area contributed by atoms with Gasteiger partial charge in [0.2, 0.25) is 0 Å². The topological polar surface area (TPSA) is 68.8 Å². The van der Waals surface area contributed by atoms with Crippen LogP contribution in [0.25, 0.3) is 5.41 Å². The van der Waals surface area contributed by atoms with Crippen molar-refractivity contribution in [1.82, 2.24) is 0 Å². The Bertz CT molecular complexity index is 246. The van der Waals surface area contributed by atoms with Gasteiger partial charge < -0.3 is 9.81 Å². The average molecular weight is 145 g/mol. The summed E-state index contributed by atoms with van der Waals surface area (Å²) in [4.78, 5) is 0. The molecule has 1 aliphatic carbocycles. The lowest BCUT2D eigenvalue weighted by molar-refractivity contribution is 0.597. The molecule has 9 heavy (non-hydrogen) atoms. The number of sulfonamides is 1. The van der Waals surface area contributed by atoms with Crippen molar-refractivity contribution in [3.8, 4) is 0 Å². The van der Waals surface area contributed by atoms with E-state index in [-0.39, 0.29) is 5.25 Å². The van der Waals surface area contributed by atoms with Crippen LogP contribution in [0.5, 0.6) is 0 Å². The molecule has 1 rings (SSSR count). The van der Waals surface area contributed by atoms with E-state index in [0.29, 0.717) is 12.8 Å². The van der Waals surface area contributed by atoms with E-state index in [1.54, 1.807) is 0 Å². The fraction of sp³-hybridized carbons (Fsp3) is 0.750. The van der Waals surface area contributed by atoms with Crippen LogP contribution in [0, 0.1) is 0 Å². The third kappa shape index (κ3) is 1.37. The van der Waals surface area contributed by atoms with Crippen LogP contribution in [-0.4, -0.2) is 19.7 Å². The third-order valence-electron chi connectivity index (χ3n) is 1.11. The van der Waals surface area contributed by atoms with Crippen LogP contribution < -0.4 is 0 Å². The molecule has 50 valence electrons. The maximum absolute atomic E-state index is 10.6. The fourth-order valence-electron chi connectivity index (χ4n) is 0.497. The Morgan fingerprint density at radius 2 is 2.11 bits per heavy atom. The Kier molecular flexibility index (Phi) is 1.38. The summed E-state index contributed by atoms with van der Waals surface area (Å²) in [5, 5.41) is 7.53. The van der Waals surface area contributed by atoms with Crippen LogP contribution in [0.3, 0.4) is 0 Å². The molecular formula is C4H5N2O2S-. The van der Waals surface area contributed by atoms with E-state index < -0.39 is 10.0 Å². The highest BCUT2D eigenvalue weighted by Gasteiger charge is 2.31. The van der Waals surface area contributed by atoms with Crippen molar-refractivity contribution < 1.29 is 8.42 Å². The summed E-state index contributed by atoms with van der Waals surface area (Å²) in [6, 6.07) is 1.27. The highest BCUT2D eigenvalue weighted by Crippen LogP contribution is 2.28. The van der Waals surface area contributed by atoms with E-state index in [9.17, 15) is 8.42 Å². The first-order valence-electron chi connectivity index (χ1n) is 2.52. The van der Waals surface area contributed by atoms with Crippen molar-refractivity contribution in [3.05, 3.63) is 5.41 Å². The van der Waals surface area contributed by atoms with Gasteiger partial charge in [-0.2, -0.15) is 0 Å². The lowest BCUT2D eigenvalue weighted by atomic mass is 11.0. The van der Waals surface area contributed by atoms with Crippen LogP contribution in [0.1, 0.15) is 12.8 Å². The second-order valence-electron chi connectivity index (χ2n) is 1.91. The van der Waals surface area contributed by atoms with Crippen molar-refractivity contribution in [2.75, 3.05) is 0 Å². The minimum Gasteiger partial charge on any atom is -0.422 e. The molecule has 5 heteroatoms. The molecule has 0 bridgehead atoms. The van der Waals surface area contributed by atoms with Gasteiger partial charge in [0.25, 0.3) is 0 Å². The largest absolute Gasteiger partial charge is 0.422 e. The summed E-state index contributed by atoms with van der Waals surface area (Å²) < 4.78 is 24.0. The molecule has 0 saturated heterocycles. The van der Waals surface area contributed by atoms with Gasteiger partial charge in [0.1, 0.15) is 0 Å². The zero-order valence-electron chi connectivity index (χ0n) is 4.61. The first-order valence-corrected chi connectivity index (χ1v) is 4.02. The standard InChI is InChI=1S/C4H5N2O2S/c5-3-6-9(7,8)4-1-2-4/h4H,1-2H2/q-1. The Hall–Kier alpha value is -0.670. The van der Waals surface area contributed by atoms with Crippen molar-refractivity contribution in [2.45, 2.75) is 18.1 Å². The Labute approximate surface area is 53.2 Å². The Balaban J connectivity index is 2.84. The summed E-state index contributed by atoms with van der Waals surface area (Å²) in [6.07, 6.45) is 1.32. The number of hydrogen-bond acceptors (Lipinski definition) is 2. The third-order valence-corrected chi connectivity index (χ3v) is 2.76. The van der Waals surface area contributed by atoms with Gasteiger partial charge >= 0.3 is 0 Å². The minimum atomic E-state index is -3.37. The Morgan fingerprint density at radius 3 is 2.44 bits per heavy atom. The van der Waals surface area contributed by atoms with E-state index in [1.807, 2.05) is 0 Å². The quantitative estimate of drug-likeness (QED) is 0.521. The maximum atomic E-state index is 10.6. The van der Waals surface area contributed by atoms with Gasteiger partial charge in [-0.25, -0.2) is 8.42 Å². The second kappa shape index (κ2) is 1.93. The van der Waals surface area contributed by atoms with Gasteiger partial charge in [-0.1, -0.05) is 0 Å². The fourth-order valence-corrected chi connectivity index (χ4v) is 1.49. The molecular weight excluding hydrogens is 140 g/mol. The summed E-state index contributed by atoms with van der Waals surface area (Å²) in [7, 11) is -3.37. The molecule has 0 heterocycles. The van der Waals surface area contributed by atoms with E-state index in [4.69, 9.17) is 5.41 Å². The van der Waals surface area contributed by atoms with Gasteiger partial charge in [-0.05, 0) is 12.8 Å². The van der Waals surface area contributed by atoms with Crippen molar-refractivity contribution in [2.24, 2.45) is 4.40 Å². The van der Waals surface area contributed by atoms with E-state index in [1.165, 1.54) is 6.01 Å². The summed E-state index contributed by atoms with van der Waals surface area (Å²) in [5.74, 6) is 0. The SMILES string of the molecule is [N-]=C=NS(=O)(=O)C1CC1. The average Bonchev–Trinajstić information content (AvgIpc) is 2.41. The van der Waals surface area contributed by atoms with Crippen LogP contribution in [0.4, 0.5) is 0 Å². The first-order chi connectivity index (χ1) is 4.17. The summed E-state index contributed by atoms with van der Waals surface area (Å²) in [6.45, 7) is 0. The Morgan fingerprint density at radius 1 is 1.56 bits per heavy atom. The van der Waals surface area contributed by atoms with E-state index in [0.717, 1.165) is 0 Å². The highest BCUT2D eigenvalue weighted by atomic mass is 32.2. The van der Waals surface area contributed by atoms with Gasteiger partial charge in [0.05, 0.1) is 5.25 Å². The van der Waals surface area contributed by atoms with Crippen LogP contribution in [-0.2, 0) is 10.0 Å². The summed E-state index contributed by atoms with van der Waals surface area (Å²) >= 11 is 0. The smallest absolute Gasteiger partial charge is 0.181 e. The first kappa shape index (κ1) is 6.45. The van der Waals surface area contributed by atoms with Crippen LogP contribution >= 0.6 is 0 Å². The molecule has 0 aromatic carbocycles. The highest BCUT2D eigenvalue weighted by molar-refractivity contribution is 7.91.